The van der Waals surface area contributed by atoms with E-state index in [2.05, 4.69) is 20.7 Å². The highest BCUT2D eigenvalue weighted by Gasteiger charge is 2.27. The van der Waals surface area contributed by atoms with Crippen LogP contribution in [0.3, 0.4) is 0 Å². The van der Waals surface area contributed by atoms with Crippen LogP contribution in [0.25, 0.3) is 16.6 Å². The number of fused-ring (bicyclic) bond motifs is 1. The Kier molecular flexibility index (Phi) is 6.88. The molecule has 176 valence electrons. The summed E-state index contributed by atoms with van der Waals surface area (Å²) in [6, 6.07) is 19.6. The van der Waals surface area contributed by atoms with Gasteiger partial charge in [-0.15, -0.1) is 0 Å². The van der Waals surface area contributed by atoms with Crippen molar-refractivity contribution in [1.82, 2.24) is 14.3 Å². The van der Waals surface area contributed by atoms with E-state index in [1.165, 1.54) is 28.8 Å². The lowest BCUT2D eigenvalue weighted by Crippen LogP contribution is -2.35. The zero-order valence-electron chi connectivity index (χ0n) is 18.8. The molecule has 3 aromatic carbocycles. The van der Waals surface area contributed by atoms with Crippen LogP contribution in [0.1, 0.15) is 32.1 Å². The summed E-state index contributed by atoms with van der Waals surface area (Å²) in [7, 11) is -3.91. The third-order valence-electron chi connectivity index (χ3n) is 5.39. The van der Waals surface area contributed by atoms with E-state index in [-0.39, 0.29) is 16.4 Å². The number of anilines is 1. The van der Waals surface area contributed by atoms with Crippen LogP contribution in [0.5, 0.6) is 0 Å². The summed E-state index contributed by atoms with van der Waals surface area (Å²) < 4.78 is 31.7. The second-order valence-corrected chi connectivity index (χ2v) is 11.1. The van der Waals surface area contributed by atoms with Crippen LogP contribution in [0.4, 0.5) is 5.69 Å². The van der Waals surface area contributed by atoms with E-state index in [1.54, 1.807) is 36.4 Å². The van der Waals surface area contributed by atoms with Crippen LogP contribution in [0.2, 0.25) is 0 Å². The zero-order valence-corrected chi connectivity index (χ0v) is 21.2. The largest absolute Gasteiger partial charge is 0.399 e. The number of hydrogen-bond donors (Lipinski definition) is 2. The SMILES string of the molecule is CC(C)CC(NS(=O)(=O)c1ccc(N)cc1)c1nc2ccccc2c(=O)n1-c1ccc(Br)cc1. The Morgan fingerprint density at radius 3 is 2.29 bits per heavy atom. The molecule has 1 aromatic heterocycles. The Bertz CT molecular complexity index is 1480. The highest BCUT2D eigenvalue weighted by Crippen LogP contribution is 2.26. The van der Waals surface area contributed by atoms with Crippen LogP contribution >= 0.6 is 15.9 Å². The number of rotatable bonds is 7. The normalized spacial score (nSPS) is 12.8. The first-order chi connectivity index (χ1) is 16.2. The number of benzene rings is 3. The summed E-state index contributed by atoms with van der Waals surface area (Å²) in [4.78, 5) is 18.5. The summed E-state index contributed by atoms with van der Waals surface area (Å²) in [5.41, 5.74) is 7.04. The maximum absolute atomic E-state index is 13.6. The second-order valence-electron chi connectivity index (χ2n) is 8.48. The molecular weight excluding hydrogens is 516 g/mol. The van der Waals surface area contributed by atoms with Crippen LogP contribution in [0.15, 0.2) is 87.0 Å². The Labute approximate surface area is 206 Å². The minimum atomic E-state index is -3.91. The number of nitrogen functional groups attached to an aromatic ring is 1. The van der Waals surface area contributed by atoms with Crippen LogP contribution in [0, 0.1) is 5.92 Å². The van der Waals surface area contributed by atoms with Crippen LogP contribution in [-0.4, -0.2) is 18.0 Å². The number of nitrogens with two attached hydrogens (primary N) is 1. The van der Waals surface area contributed by atoms with Gasteiger partial charge < -0.3 is 5.73 Å². The minimum absolute atomic E-state index is 0.0915. The molecule has 4 aromatic rings. The molecule has 4 rings (SSSR count). The number of aromatic nitrogens is 2. The predicted molar refractivity (Wildman–Crippen MR) is 138 cm³/mol. The molecule has 7 nitrogen and oxygen atoms in total. The third kappa shape index (κ3) is 5.06. The van der Waals surface area contributed by atoms with Crippen LogP contribution in [-0.2, 0) is 10.0 Å². The fourth-order valence-electron chi connectivity index (χ4n) is 3.80. The molecule has 0 aliphatic rings. The third-order valence-corrected chi connectivity index (χ3v) is 7.41. The molecule has 1 unspecified atom stereocenters. The lowest BCUT2D eigenvalue weighted by molar-refractivity contribution is 0.450. The van der Waals surface area contributed by atoms with E-state index in [4.69, 9.17) is 10.7 Å². The maximum atomic E-state index is 13.6. The van der Waals surface area contributed by atoms with E-state index in [1.807, 2.05) is 26.0 Å². The second kappa shape index (κ2) is 9.69. The molecule has 0 saturated carbocycles. The topological polar surface area (TPSA) is 107 Å². The van der Waals surface area contributed by atoms with Gasteiger partial charge in [-0.1, -0.05) is 41.9 Å². The quantitative estimate of drug-likeness (QED) is 0.327. The molecule has 34 heavy (non-hydrogen) atoms. The summed E-state index contributed by atoms with van der Waals surface area (Å²) in [6.07, 6.45) is 0.440. The molecule has 0 bridgehead atoms. The number of nitrogens with one attached hydrogen (secondary N) is 1. The average molecular weight is 541 g/mol. The number of sulfonamides is 1. The van der Waals surface area contributed by atoms with Crippen molar-refractivity contribution in [2.45, 2.75) is 31.2 Å². The monoisotopic (exact) mass is 540 g/mol. The molecule has 9 heteroatoms. The number of nitrogens with zero attached hydrogens (tertiary/aromatic N) is 2. The summed E-state index contributed by atoms with van der Waals surface area (Å²) >= 11 is 3.42. The zero-order chi connectivity index (χ0) is 24.5. The van der Waals surface area contributed by atoms with Gasteiger partial charge in [-0.05, 0) is 73.0 Å². The van der Waals surface area contributed by atoms with Crippen molar-refractivity contribution < 1.29 is 8.42 Å². The van der Waals surface area contributed by atoms with Gasteiger partial charge in [0.1, 0.15) is 5.82 Å². The smallest absolute Gasteiger partial charge is 0.266 e. The molecule has 0 saturated heterocycles. The van der Waals surface area contributed by atoms with E-state index < -0.39 is 16.1 Å². The lowest BCUT2D eigenvalue weighted by atomic mass is 10.0. The maximum Gasteiger partial charge on any atom is 0.266 e. The Hall–Kier alpha value is -3.01. The van der Waals surface area contributed by atoms with Gasteiger partial charge in [0.2, 0.25) is 10.0 Å². The van der Waals surface area contributed by atoms with Crippen molar-refractivity contribution in [3.63, 3.8) is 0 Å². The van der Waals surface area contributed by atoms with Gasteiger partial charge in [-0.2, -0.15) is 0 Å². The molecule has 3 N–H and O–H groups in total. The first-order valence-corrected chi connectivity index (χ1v) is 13.1. The molecule has 1 heterocycles. The van der Waals surface area contributed by atoms with Crippen LogP contribution < -0.4 is 16.0 Å². The van der Waals surface area contributed by atoms with Gasteiger partial charge in [-0.25, -0.2) is 18.1 Å². The van der Waals surface area contributed by atoms with Crippen molar-refractivity contribution in [2.24, 2.45) is 5.92 Å². The molecule has 0 radical (unpaired) electrons. The van der Waals surface area contributed by atoms with Gasteiger partial charge in [-0.3, -0.25) is 9.36 Å². The first kappa shape index (κ1) is 24.1. The van der Waals surface area contributed by atoms with Crippen molar-refractivity contribution >= 4 is 42.5 Å². The Morgan fingerprint density at radius 1 is 1.00 bits per heavy atom. The molecule has 0 aliphatic carbocycles. The number of para-hydroxylation sites is 1. The molecular formula is C25H25BrN4O3S. The van der Waals surface area contributed by atoms with Crippen molar-refractivity contribution in [3.05, 3.63) is 93.4 Å². The van der Waals surface area contributed by atoms with E-state index in [9.17, 15) is 13.2 Å². The summed E-state index contributed by atoms with van der Waals surface area (Å²) in [5.74, 6) is 0.458. The predicted octanol–water partition coefficient (Wildman–Crippen LogP) is 4.80. The number of halogens is 1. The van der Waals surface area contributed by atoms with Crippen molar-refractivity contribution in [1.29, 1.82) is 0 Å². The lowest BCUT2D eigenvalue weighted by Gasteiger charge is -2.24. The van der Waals surface area contributed by atoms with E-state index in [0.717, 1.165) is 4.47 Å². The average Bonchev–Trinajstić information content (AvgIpc) is 2.79. The number of hydrogen-bond acceptors (Lipinski definition) is 5. The van der Waals surface area contributed by atoms with Crippen molar-refractivity contribution in [2.75, 3.05) is 5.73 Å². The van der Waals surface area contributed by atoms with Gasteiger partial charge in [0.25, 0.3) is 5.56 Å². The van der Waals surface area contributed by atoms with Gasteiger partial charge in [0.15, 0.2) is 0 Å². The summed E-state index contributed by atoms with van der Waals surface area (Å²) in [6.45, 7) is 3.99. The molecule has 0 aliphatic heterocycles. The fourth-order valence-corrected chi connectivity index (χ4v) is 5.27. The molecule has 0 fully saturated rings. The Morgan fingerprint density at radius 2 is 1.65 bits per heavy atom. The van der Waals surface area contributed by atoms with E-state index >= 15 is 0 Å². The summed E-state index contributed by atoms with van der Waals surface area (Å²) in [5, 5.41) is 0.457. The molecule has 1 atom stereocenters. The van der Waals surface area contributed by atoms with Crippen molar-refractivity contribution in [3.8, 4) is 5.69 Å². The standard InChI is InChI=1S/C25H25BrN4O3S/c1-16(2)15-23(29-34(32,33)20-13-9-18(27)10-14-20)24-28-22-6-4-3-5-21(22)25(31)30(24)19-11-7-17(26)8-12-19/h3-14,16,23,29H,15,27H2,1-2H3. The Balaban J connectivity index is 1.92. The molecule has 0 amide bonds. The van der Waals surface area contributed by atoms with Gasteiger partial charge in [0.05, 0.1) is 27.5 Å². The van der Waals surface area contributed by atoms with Gasteiger partial charge in [0, 0.05) is 10.2 Å². The first-order valence-electron chi connectivity index (χ1n) is 10.8. The highest BCUT2D eigenvalue weighted by molar-refractivity contribution is 9.10. The molecule has 0 spiro atoms. The fraction of sp³-hybridized carbons (Fsp3) is 0.200. The van der Waals surface area contributed by atoms with Gasteiger partial charge >= 0.3 is 0 Å². The van der Waals surface area contributed by atoms with E-state index in [0.29, 0.717) is 34.5 Å². The minimum Gasteiger partial charge on any atom is -0.399 e. The highest BCUT2D eigenvalue weighted by atomic mass is 79.9.